The van der Waals surface area contributed by atoms with Gasteiger partial charge in [-0.05, 0) is 12.0 Å². The smallest absolute Gasteiger partial charge is 0.434 e. The molecule has 1 rings (SSSR count). The van der Waals surface area contributed by atoms with Gasteiger partial charge in [0.2, 0.25) is 0 Å². The summed E-state index contributed by atoms with van der Waals surface area (Å²) in [5, 5.41) is 0. The molecule has 0 atom stereocenters. The van der Waals surface area contributed by atoms with Crippen LogP contribution >= 0.6 is 0 Å². The van der Waals surface area contributed by atoms with E-state index in [4.69, 9.17) is 9.47 Å². The molecule has 0 saturated carbocycles. The zero-order chi connectivity index (χ0) is 13.2. The normalized spacial score (nSPS) is 9.83. The van der Waals surface area contributed by atoms with Gasteiger partial charge in [-0.25, -0.2) is 4.79 Å². The molecule has 0 saturated heterocycles. The fourth-order valence-corrected chi connectivity index (χ4v) is 1.36. The maximum atomic E-state index is 11.5. The molecule has 0 amide bonds. The summed E-state index contributed by atoms with van der Waals surface area (Å²) in [6.07, 6.45) is 1.24. The molecular formula is C14H18O4. The maximum Gasteiger partial charge on any atom is 0.508 e. The molecular weight excluding hydrogens is 232 g/mol. The van der Waals surface area contributed by atoms with Gasteiger partial charge in [-0.3, -0.25) is 4.79 Å². The molecule has 0 radical (unpaired) electrons. The SMILES string of the molecule is CCCCOC(=O)OCC(=O)Cc1ccccc1. The average molecular weight is 250 g/mol. The van der Waals surface area contributed by atoms with Crippen molar-refractivity contribution in [1.82, 2.24) is 0 Å². The van der Waals surface area contributed by atoms with Gasteiger partial charge in [0, 0.05) is 6.42 Å². The molecule has 0 heterocycles. The Hall–Kier alpha value is -1.84. The zero-order valence-electron chi connectivity index (χ0n) is 10.6. The van der Waals surface area contributed by atoms with Crippen LogP contribution in [0.2, 0.25) is 0 Å². The standard InChI is InChI=1S/C14H18O4/c1-2-3-9-17-14(16)18-11-13(15)10-12-7-5-4-6-8-12/h4-8H,2-3,9-11H2,1H3. The van der Waals surface area contributed by atoms with Gasteiger partial charge in [-0.1, -0.05) is 43.7 Å². The van der Waals surface area contributed by atoms with Crippen molar-refractivity contribution in [2.75, 3.05) is 13.2 Å². The second-order valence-corrected chi connectivity index (χ2v) is 3.94. The number of carbonyl (C=O) groups is 2. The average Bonchev–Trinajstić information content (AvgIpc) is 2.38. The van der Waals surface area contributed by atoms with Crippen molar-refractivity contribution in [2.45, 2.75) is 26.2 Å². The number of ketones is 1. The molecule has 18 heavy (non-hydrogen) atoms. The molecule has 4 heteroatoms. The number of hydrogen-bond donors (Lipinski definition) is 0. The Bertz CT molecular complexity index is 373. The van der Waals surface area contributed by atoms with Crippen LogP contribution in [0.1, 0.15) is 25.3 Å². The van der Waals surface area contributed by atoms with Crippen LogP contribution in [0, 0.1) is 0 Å². The molecule has 0 spiro atoms. The second kappa shape index (κ2) is 8.28. The lowest BCUT2D eigenvalue weighted by Crippen LogP contribution is -2.16. The van der Waals surface area contributed by atoms with E-state index >= 15 is 0 Å². The van der Waals surface area contributed by atoms with E-state index in [0.717, 1.165) is 18.4 Å². The van der Waals surface area contributed by atoms with Gasteiger partial charge >= 0.3 is 6.16 Å². The highest BCUT2D eigenvalue weighted by Gasteiger charge is 2.08. The molecule has 0 N–H and O–H groups in total. The third-order valence-corrected chi connectivity index (χ3v) is 2.31. The highest BCUT2D eigenvalue weighted by Crippen LogP contribution is 2.01. The summed E-state index contributed by atoms with van der Waals surface area (Å²) in [5.74, 6) is -0.145. The summed E-state index contributed by atoms with van der Waals surface area (Å²) in [6, 6.07) is 9.33. The Labute approximate surface area is 107 Å². The first kappa shape index (κ1) is 14.2. The predicted octanol–water partition coefficient (Wildman–Crippen LogP) is 2.75. The molecule has 0 bridgehead atoms. The highest BCUT2D eigenvalue weighted by molar-refractivity contribution is 5.83. The molecule has 0 aromatic heterocycles. The van der Waals surface area contributed by atoms with E-state index in [-0.39, 0.29) is 18.8 Å². The molecule has 0 aliphatic rings. The monoisotopic (exact) mass is 250 g/mol. The second-order valence-electron chi connectivity index (χ2n) is 3.94. The van der Waals surface area contributed by atoms with Crippen molar-refractivity contribution in [3.05, 3.63) is 35.9 Å². The van der Waals surface area contributed by atoms with Gasteiger partial charge in [0.05, 0.1) is 6.61 Å². The Kier molecular flexibility index (Phi) is 6.54. The molecule has 1 aromatic rings. The van der Waals surface area contributed by atoms with Gasteiger partial charge in [0.25, 0.3) is 0 Å². The maximum absolute atomic E-state index is 11.5. The third-order valence-electron chi connectivity index (χ3n) is 2.31. The fraction of sp³-hybridized carbons (Fsp3) is 0.429. The summed E-state index contributed by atoms with van der Waals surface area (Å²) in [6.45, 7) is 2.10. The van der Waals surface area contributed by atoms with Gasteiger partial charge in [0.15, 0.2) is 12.4 Å². The largest absolute Gasteiger partial charge is 0.508 e. The summed E-state index contributed by atoms with van der Waals surface area (Å²) in [7, 11) is 0. The van der Waals surface area contributed by atoms with Gasteiger partial charge in [-0.2, -0.15) is 0 Å². The topological polar surface area (TPSA) is 52.6 Å². The number of Topliss-reactive ketones (excluding diaryl/α,β-unsaturated/α-hetero) is 1. The molecule has 1 aromatic carbocycles. The van der Waals surface area contributed by atoms with E-state index in [1.54, 1.807) is 0 Å². The summed E-state index contributed by atoms with van der Waals surface area (Å²) in [4.78, 5) is 22.6. The number of benzene rings is 1. The summed E-state index contributed by atoms with van der Waals surface area (Å²) < 4.78 is 9.48. The molecule has 0 aliphatic heterocycles. The van der Waals surface area contributed by atoms with Crippen LogP contribution in [0.25, 0.3) is 0 Å². The third kappa shape index (κ3) is 6.03. The Morgan fingerprint density at radius 1 is 1.11 bits per heavy atom. The fourth-order valence-electron chi connectivity index (χ4n) is 1.36. The predicted molar refractivity (Wildman–Crippen MR) is 67.4 cm³/mol. The highest BCUT2D eigenvalue weighted by atomic mass is 16.7. The lowest BCUT2D eigenvalue weighted by atomic mass is 10.1. The van der Waals surface area contributed by atoms with Crippen LogP contribution in [-0.4, -0.2) is 25.2 Å². The van der Waals surface area contributed by atoms with E-state index in [2.05, 4.69) is 0 Å². The first-order valence-electron chi connectivity index (χ1n) is 6.07. The summed E-state index contributed by atoms with van der Waals surface area (Å²) in [5.41, 5.74) is 0.908. The lowest BCUT2D eigenvalue weighted by Gasteiger charge is -2.05. The van der Waals surface area contributed by atoms with Gasteiger partial charge in [-0.15, -0.1) is 0 Å². The first-order chi connectivity index (χ1) is 8.72. The summed E-state index contributed by atoms with van der Waals surface area (Å²) >= 11 is 0. The lowest BCUT2D eigenvalue weighted by molar-refractivity contribution is -0.122. The number of rotatable bonds is 7. The van der Waals surface area contributed by atoms with Crippen LogP contribution in [0.4, 0.5) is 4.79 Å². The zero-order valence-corrected chi connectivity index (χ0v) is 10.6. The molecule has 0 unspecified atom stereocenters. The van der Waals surface area contributed by atoms with E-state index in [0.29, 0.717) is 6.61 Å². The van der Waals surface area contributed by atoms with E-state index in [1.165, 1.54) is 0 Å². The van der Waals surface area contributed by atoms with Crippen LogP contribution in [0.15, 0.2) is 30.3 Å². The van der Waals surface area contributed by atoms with Crippen molar-refractivity contribution in [3.8, 4) is 0 Å². The van der Waals surface area contributed by atoms with Crippen molar-refractivity contribution in [3.63, 3.8) is 0 Å². The van der Waals surface area contributed by atoms with Crippen molar-refractivity contribution >= 4 is 11.9 Å². The Balaban J connectivity index is 2.19. The van der Waals surface area contributed by atoms with Gasteiger partial charge < -0.3 is 9.47 Å². The molecule has 98 valence electrons. The van der Waals surface area contributed by atoms with Crippen molar-refractivity contribution in [1.29, 1.82) is 0 Å². The van der Waals surface area contributed by atoms with E-state index in [1.807, 2.05) is 37.3 Å². The number of unbranched alkanes of at least 4 members (excludes halogenated alkanes) is 1. The number of ether oxygens (including phenoxy) is 2. The minimum atomic E-state index is -0.773. The van der Waals surface area contributed by atoms with E-state index in [9.17, 15) is 9.59 Å². The molecule has 0 aliphatic carbocycles. The Morgan fingerprint density at radius 2 is 1.83 bits per heavy atom. The van der Waals surface area contributed by atoms with Crippen LogP contribution in [-0.2, 0) is 20.7 Å². The van der Waals surface area contributed by atoms with Crippen LogP contribution in [0.5, 0.6) is 0 Å². The van der Waals surface area contributed by atoms with Crippen molar-refractivity contribution in [2.24, 2.45) is 0 Å². The van der Waals surface area contributed by atoms with Crippen LogP contribution < -0.4 is 0 Å². The minimum Gasteiger partial charge on any atom is -0.434 e. The first-order valence-corrected chi connectivity index (χ1v) is 6.07. The minimum absolute atomic E-state index is 0.145. The van der Waals surface area contributed by atoms with E-state index < -0.39 is 6.16 Å². The Morgan fingerprint density at radius 3 is 2.50 bits per heavy atom. The number of hydrogen-bond acceptors (Lipinski definition) is 4. The molecule has 0 fully saturated rings. The van der Waals surface area contributed by atoms with Gasteiger partial charge in [0.1, 0.15) is 0 Å². The molecule has 4 nitrogen and oxygen atoms in total. The quantitative estimate of drug-likeness (QED) is 0.551. The number of carbonyl (C=O) groups excluding carboxylic acids is 2. The van der Waals surface area contributed by atoms with Crippen molar-refractivity contribution < 1.29 is 19.1 Å². The van der Waals surface area contributed by atoms with Crippen LogP contribution in [0.3, 0.4) is 0 Å².